The van der Waals surface area contributed by atoms with Gasteiger partial charge in [0.25, 0.3) is 0 Å². The maximum absolute atomic E-state index is 10.3. The van der Waals surface area contributed by atoms with Gasteiger partial charge in [-0.15, -0.1) is 11.6 Å². The highest BCUT2D eigenvalue weighted by Gasteiger charge is 2.15. The van der Waals surface area contributed by atoms with E-state index in [0.717, 1.165) is 19.1 Å². The highest BCUT2D eigenvalue weighted by atomic mass is 35.5. The Kier molecular flexibility index (Phi) is 5.64. The van der Waals surface area contributed by atoms with Crippen molar-refractivity contribution in [2.24, 2.45) is 5.92 Å². The number of carbonyl (C=O) groups is 1. The minimum atomic E-state index is -0.667. The topological polar surface area (TPSA) is 37.3 Å². The SMILES string of the molecule is CCC[C@H](C=O)C(O)CCl. The summed E-state index contributed by atoms with van der Waals surface area (Å²) in [4.78, 5) is 10.3. The van der Waals surface area contributed by atoms with Crippen LogP contribution in [0.2, 0.25) is 0 Å². The lowest BCUT2D eigenvalue weighted by Crippen LogP contribution is -2.22. The Bertz CT molecular complexity index is 95.6. The van der Waals surface area contributed by atoms with Gasteiger partial charge >= 0.3 is 0 Å². The molecule has 0 amide bonds. The average Bonchev–Trinajstić information content (AvgIpc) is 1.99. The molecule has 60 valence electrons. The first-order valence-corrected chi connectivity index (χ1v) is 3.99. The molecule has 2 nitrogen and oxygen atoms in total. The van der Waals surface area contributed by atoms with E-state index in [0.29, 0.717) is 0 Å². The van der Waals surface area contributed by atoms with Crippen LogP contribution >= 0.6 is 11.6 Å². The van der Waals surface area contributed by atoms with Crippen LogP contribution in [0.1, 0.15) is 19.8 Å². The molecule has 0 aromatic rings. The number of carbonyl (C=O) groups excluding carboxylic acids is 1. The van der Waals surface area contributed by atoms with Crippen LogP contribution < -0.4 is 0 Å². The fourth-order valence-electron chi connectivity index (χ4n) is 0.799. The Morgan fingerprint density at radius 3 is 2.60 bits per heavy atom. The zero-order chi connectivity index (χ0) is 7.98. The molecular formula is C7H13ClO2. The number of aliphatic hydroxyl groups excluding tert-OH is 1. The average molecular weight is 165 g/mol. The number of hydrogen-bond acceptors (Lipinski definition) is 2. The smallest absolute Gasteiger partial charge is 0.125 e. The number of aliphatic hydroxyl groups is 1. The number of rotatable bonds is 5. The second-order valence-electron chi connectivity index (χ2n) is 2.31. The van der Waals surface area contributed by atoms with E-state index >= 15 is 0 Å². The van der Waals surface area contributed by atoms with Crippen molar-refractivity contribution in [2.75, 3.05) is 5.88 Å². The molecule has 10 heavy (non-hydrogen) atoms. The highest BCUT2D eigenvalue weighted by molar-refractivity contribution is 6.18. The van der Waals surface area contributed by atoms with Crippen molar-refractivity contribution >= 4 is 17.9 Å². The maximum atomic E-state index is 10.3. The first kappa shape index (κ1) is 9.92. The van der Waals surface area contributed by atoms with E-state index < -0.39 is 6.10 Å². The van der Waals surface area contributed by atoms with Gasteiger partial charge < -0.3 is 9.90 Å². The molecule has 0 aromatic heterocycles. The fourth-order valence-corrected chi connectivity index (χ4v) is 1.03. The Morgan fingerprint density at radius 1 is 1.70 bits per heavy atom. The summed E-state index contributed by atoms with van der Waals surface area (Å²) in [6.45, 7) is 1.97. The molecule has 3 heteroatoms. The van der Waals surface area contributed by atoms with E-state index in [1.54, 1.807) is 0 Å². The summed E-state index contributed by atoms with van der Waals surface area (Å²) >= 11 is 5.35. The third-order valence-electron chi connectivity index (χ3n) is 1.45. The van der Waals surface area contributed by atoms with Crippen molar-refractivity contribution in [1.82, 2.24) is 0 Å². The molecule has 0 aliphatic rings. The van der Waals surface area contributed by atoms with Crippen LogP contribution in [0.25, 0.3) is 0 Å². The monoisotopic (exact) mass is 164 g/mol. The molecule has 1 unspecified atom stereocenters. The molecular weight excluding hydrogens is 152 g/mol. The van der Waals surface area contributed by atoms with Crippen molar-refractivity contribution < 1.29 is 9.90 Å². The van der Waals surface area contributed by atoms with Gasteiger partial charge in [0.05, 0.1) is 6.10 Å². The molecule has 0 saturated heterocycles. The van der Waals surface area contributed by atoms with Gasteiger partial charge in [-0.25, -0.2) is 0 Å². The quantitative estimate of drug-likeness (QED) is 0.490. The molecule has 0 aromatic carbocycles. The molecule has 0 saturated carbocycles. The zero-order valence-electron chi connectivity index (χ0n) is 6.09. The second kappa shape index (κ2) is 5.69. The Hall–Kier alpha value is -0.0800. The molecule has 0 spiro atoms. The number of halogens is 1. The highest BCUT2D eigenvalue weighted by Crippen LogP contribution is 2.09. The standard InChI is InChI=1S/C7H13ClO2/c1-2-3-6(5-9)7(10)4-8/h5-7,10H,2-4H2,1H3/t6-,7?/m1/s1. The summed E-state index contributed by atoms with van der Waals surface area (Å²) < 4.78 is 0. The van der Waals surface area contributed by atoms with Crippen molar-refractivity contribution in [3.63, 3.8) is 0 Å². The lowest BCUT2D eigenvalue weighted by Gasteiger charge is -2.12. The van der Waals surface area contributed by atoms with Gasteiger partial charge in [-0.05, 0) is 6.42 Å². The number of alkyl halides is 1. The molecule has 1 N–H and O–H groups in total. The molecule has 0 fully saturated rings. The fraction of sp³-hybridized carbons (Fsp3) is 0.857. The van der Waals surface area contributed by atoms with Gasteiger partial charge in [0.15, 0.2) is 0 Å². The van der Waals surface area contributed by atoms with Crippen LogP contribution in [0.15, 0.2) is 0 Å². The van der Waals surface area contributed by atoms with E-state index in [9.17, 15) is 4.79 Å². The number of hydrogen-bond donors (Lipinski definition) is 1. The van der Waals surface area contributed by atoms with Crippen molar-refractivity contribution in [3.8, 4) is 0 Å². The first-order valence-electron chi connectivity index (χ1n) is 3.45. The van der Waals surface area contributed by atoms with Gasteiger partial charge in [-0.2, -0.15) is 0 Å². The van der Waals surface area contributed by atoms with Gasteiger partial charge in [0.2, 0.25) is 0 Å². The van der Waals surface area contributed by atoms with E-state index in [1.165, 1.54) is 0 Å². The first-order chi connectivity index (χ1) is 4.76. The van der Waals surface area contributed by atoms with E-state index in [4.69, 9.17) is 16.7 Å². The lowest BCUT2D eigenvalue weighted by molar-refractivity contribution is -0.114. The summed E-state index contributed by atoms with van der Waals surface area (Å²) in [6, 6.07) is 0. The predicted octanol–water partition coefficient (Wildman–Crippen LogP) is 1.20. The molecule has 0 radical (unpaired) electrons. The lowest BCUT2D eigenvalue weighted by atomic mass is 10.0. The maximum Gasteiger partial charge on any atom is 0.125 e. The van der Waals surface area contributed by atoms with Crippen LogP contribution in [0.3, 0.4) is 0 Å². The third kappa shape index (κ3) is 3.18. The molecule has 0 aliphatic carbocycles. The zero-order valence-corrected chi connectivity index (χ0v) is 6.84. The van der Waals surface area contributed by atoms with Crippen LogP contribution in [0.5, 0.6) is 0 Å². The van der Waals surface area contributed by atoms with Crippen LogP contribution in [-0.2, 0) is 4.79 Å². The second-order valence-corrected chi connectivity index (χ2v) is 2.62. The van der Waals surface area contributed by atoms with Crippen LogP contribution in [-0.4, -0.2) is 23.4 Å². The summed E-state index contributed by atoms with van der Waals surface area (Å²) in [5.74, 6) is -0.133. The molecule has 0 aliphatic heterocycles. The number of aldehydes is 1. The minimum absolute atomic E-state index is 0.142. The van der Waals surface area contributed by atoms with Crippen molar-refractivity contribution in [3.05, 3.63) is 0 Å². The van der Waals surface area contributed by atoms with E-state index in [1.807, 2.05) is 6.92 Å². The van der Waals surface area contributed by atoms with Crippen molar-refractivity contribution in [2.45, 2.75) is 25.9 Å². The molecule has 0 heterocycles. The van der Waals surface area contributed by atoms with Gasteiger partial charge in [0.1, 0.15) is 6.29 Å². The molecule has 2 atom stereocenters. The Morgan fingerprint density at radius 2 is 2.30 bits per heavy atom. The molecule has 0 rings (SSSR count). The van der Waals surface area contributed by atoms with Gasteiger partial charge in [0, 0.05) is 11.8 Å². The van der Waals surface area contributed by atoms with E-state index in [-0.39, 0.29) is 11.8 Å². The van der Waals surface area contributed by atoms with Gasteiger partial charge in [-0.3, -0.25) is 0 Å². The van der Waals surface area contributed by atoms with Crippen LogP contribution in [0.4, 0.5) is 0 Å². The molecule has 0 bridgehead atoms. The van der Waals surface area contributed by atoms with Crippen LogP contribution in [0, 0.1) is 5.92 Å². The summed E-state index contributed by atoms with van der Waals surface area (Å²) in [6.07, 6.45) is 1.73. The predicted molar refractivity (Wildman–Crippen MR) is 41.2 cm³/mol. The van der Waals surface area contributed by atoms with E-state index in [2.05, 4.69) is 0 Å². The van der Waals surface area contributed by atoms with Gasteiger partial charge in [-0.1, -0.05) is 13.3 Å². The normalized spacial score (nSPS) is 16.3. The van der Waals surface area contributed by atoms with Crippen molar-refractivity contribution in [1.29, 1.82) is 0 Å². The Balaban J connectivity index is 3.67. The summed E-state index contributed by atoms with van der Waals surface area (Å²) in [7, 11) is 0. The summed E-state index contributed by atoms with van der Waals surface area (Å²) in [5.41, 5.74) is 0. The minimum Gasteiger partial charge on any atom is -0.391 e. The largest absolute Gasteiger partial charge is 0.391 e. The third-order valence-corrected chi connectivity index (χ3v) is 1.77. The Labute approximate surface area is 66.2 Å². The summed E-state index contributed by atoms with van der Waals surface area (Å²) in [5, 5.41) is 9.09.